The summed E-state index contributed by atoms with van der Waals surface area (Å²) in [6, 6.07) is 5.18. The second kappa shape index (κ2) is 5.73. The van der Waals surface area contributed by atoms with Crippen molar-refractivity contribution >= 4 is 5.69 Å². The molecule has 20 heavy (non-hydrogen) atoms. The van der Waals surface area contributed by atoms with Crippen LogP contribution in [0.15, 0.2) is 18.2 Å². The monoisotopic (exact) mass is 277 g/mol. The predicted octanol–water partition coefficient (Wildman–Crippen LogP) is 2.06. The van der Waals surface area contributed by atoms with Crippen LogP contribution in [0.25, 0.3) is 0 Å². The van der Waals surface area contributed by atoms with E-state index in [2.05, 4.69) is 10.4 Å². The van der Waals surface area contributed by atoms with Crippen molar-refractivity contribution in [3.05, 3.63) is 29.5 Å². The molecule has 1 heterocycles. The van der Waals surface area contributed by atoms with Crippen LogP contribution in [0.5, 0.6) is 17.4 Å². The molecule has 0 amide bonds. The summed E-state index contributed by atoms with van der Waals surface area (Å²) >= 11 is 0. The van der Waals surface area contributed by atoms with Gasteiger partial charge in [-0.3, -0.25) is 0 Å². The number of hydrogen-bond donors (Lipinski definition) is 2. The Kier molecular flexibility index (Phi) is 4.02. The molecule has 0 saturated carbocycles. The standard InChI is InChI=1S/C14H19N3O3/c1-9-11(14(20-4)17(2)16-9)8-15-10-5-6-13(19-3)12(18)7-10/h5-7,15,18H,8H2,1-4H3. The SMILES string of the molecule is COc1ccc(NCc2c(C)nn(C)c2OC)cc1O. The van der Waals surface area contributed by atoms with E-state index in [4.69, 9.17) is 9.47 Å². The Morgan fingerprint density at radius 3 is 2.65 bits per heavy atom. The Morgan fingerprint density at radius 2 is 2.05 bits per heavy atom. The van der Waals surface area contributed by atoms with Crippen molar-refractivity contribution in [3.63, 3.8) is 0 Å². The van der Waals surface area contributed by atoms with Crippen LogP contribution in [0.2, 0.25) is 0 Å². The second-order valence-corrected chi connectivity index (χ2v) is 4.44. The number of aromatic nitrogens is 2. The lowest BCUT2D eigenvalue weighted by Gasteiger charge is -2.10. The number of hydrogen-bond acceptors (Lipinski definition) is 5. The van der Waals surface area contributed by atoms with Crippen molar-refractivity contribution in [1.82, 2.24) is 9.78 Å². The number of phenolic OH excluding ortho intramolecular Hbond substituents is 1. The molecule has 6 heteroatoms. The van der Waals surface area contributed by atoms with Gasteiger partial charge in [0.05, 0.1) is 25.5 Å². The quantitative estimate of drug-likeness (QED) is 0.875. The lowest BCUT2D eigenvalue weighted by atomic mass is 10.2. The third kappa shape index (κ3) is 2.64. The van der Waals surface area contributed by atoms with Crippen molar-refractivity contribution in [1.29, 1.82) is 0 Å². The van der Waals surface area contributed by atoms with Crippen molar-refractivity contribution in [3.8, 4) is 17.4 Å². The largest absolute Gasteiger partial charge is 0.504 e. The van der Waals surface area contributed by atoms with Crippen LogP contribution >= 0.6 is 0 Å². The molecule has 6 nitrogen and oxygen atoms in total. The average molecular weight is 277 g/mol. The molecule has 0 spiro atoms. The van der Waals surface area contributed by atoms with Gasteiger partial charge in [0.1, 0.15) is 0 Å². The first-order valence-corrected chi connectivity index (χ1v) is 6.24. The number of methoxy groups -OCH3 is 2. The molecule has 0 aliphatic heterocycles. The molecule has 0 radical (unpaired) electrons. The van der Waals surface area contributed by atoms with Crippen molar-refractivity contribution in [2.75, 3.05) is 19.5 Å². The number of rotatable bonds is 5. The van der Waals surface area contributed by atoms with Crippen LogP contribution in [0.4, 0.5) is 5.69 Å². The highest BCUT2D eigenvalue weighted by Gasteiger charge is 2.13. The molecule has 2 rings (SSSR count). The van der Waals surface area contributed by atoms with Gasteiger partial charge in [0.25, 0.3) is 0 Å². The molecule has 0 fully saturated rings. The topological polar surface area (TPSA) is 68.5 Å². The molecule has 2 N–H and O–H groups in total. The number of aryl methyl sites for hydroxylation is 2. The van der Waals surface area contributed by atoms with Gasteiger partial charge in [0.15, 0.2) is 11.5 Å². The maximum Gasteiger partial charge on any atom is 0.216 e. The normalized spacial score (nSPS) is 10.4. The van der Waals surface area contributed by atoms with E-state index in [0.29, 0.717) is 12.3 Å². The smallest absolute Gasteiger partial charge is 0.216 e. The first kappa shape index (κ1) is 14.0. The molecule has 108 valence electrons. The van der Waals surface area contributed by atoms with Gasteiger partial charge in [-0.1, -0.05) is 0 Å². The predicted molar refractivity (Wildman–Crippen MR) is 76.5 cm³/mol. The number of benzene rings is 1. The van der Waals surface area contributed by atoms with Gasteiger partial charge in [-0.2, -0.15) is 5.10 Å². The maximum atomic E-state index is 9.74. The molecule has 0 saturated heterocycles. The molecular weight excluding hydrogens is 258 g/mol. The summed E-state index contributed by atoms with van der Waals surface area (Å²) < 4.78 is 12.1. The molecule has 0 atom stereocenters. The van der Waals surface area contributed by atoms with Gasteiger partial charge in [0.2, 0.25) is 5.88 Å². The molecule has 1 aromatic carbocycles. The average Bonchev–Trinajstić information content (AvgIpc) is 2.70. The van der Waals surface area contributed by atoms with Crippen LogP contribution in [0.1, 0.15) is 11.3 Å². The molecule has 2 aromatic rings. The van der Waals surface area contributed by atoms with Crippen LogP contribution in [0, 0.1) is 6.92 Å². The molecule has 0 aliphatic rings. The van der Waals surface area contributed by atoms with E-state index in [1.807, 2.05) is 20.0 Å². The number of nitrogens with one attached hydrogen (secondary N) is 1. The Bertz CT molecular complexity index is 608. The molecule has 1 aromatic heterocycles. The Hall–Kier alpha value is -2.37. The number of phenols is 1. The minimum atomic E-state index is 0.104. The van der Waals surface area contributed by atoms with Crippen molar-refractivity contribution in [2.45, 2.75) is 13.5 Å². The highest BCUT2D eigenvalue weighted by molar-refractivity contribution is 5.54. The summed E-state index contributed by atoms with van der Waals surface area (Å²) in [6.07, 6.45) is 0. The fourth-order valence-corrected chi connectivity index (χ4v) is 2.13. The van der Waals surface area contributed by atoms with Gasteiger partial charge in [0, 0.05) is 25.3 Å². The Balaban J connectivity index is 2.15. The van der Waals surface area contributed by atoms with Gasteiger partial charge < -0.3 is 19.9 Å². The first-order valence-electron chi connectivity index (χ1n) is 6.24. The van der Waals surface area contributed by atoms with E-state index in [1.165, 1.54) is 7.11 Å². The van der Waals surface area contributed by atoms with Gasteiger partial charge >= 0.3 is 0 Å². The fourth-order valence-electron chi connectivity index (χ4n) is 2.13. The van der Waals surface area contributed by atoms with Crippen LogP contribution in [0.3, 0.4) is 0 Å². The van der Waals surface area contributed by atoms with Crippen molar-refractivity contribution < 1.29 is 14.6 Å². The summed E-state index contributed by atoms with van der Waals surface area (Å²) in [5, 5.41) is 17.3. The Labute approximate surface area is 117 Å². The highest BCUT2D eigenvalue weighted by Crippen LogP contribution is 2.29. The highest BCUT2D eigenvalue weighted by atomic mass is 16.5. The summed E-state index contributed by atoms with van der Waals surface area (Å²) in [7, 11) is 4.99. The third-order valence-corrected chi connectivity index (χ3v) is 3.13. The molecule has 0 unspecified atom stereocenters. The van der Waals surface area contributed by atoms with E-state index in [1.54, 1.807) is 23.9 Å². The second-order valence-electron chi connectivity index (χ2n) is 4.44. The minimum Gasteiger partial charge on any atom is -0.504 e. The van der Waals surface area contributed by atoms with E-state index in [9.17, 15) is 5.11 Å². The van der Waals surface area contributed by atoms with Gasteiger partial charge in [-0.05, 0) is 19.1 Å². The van der Waals surface area contributed by atoms with E-state index in [-0.39, 0.29) is 5.75 Å². The Morgan fingerprint density at radius 1 is 1.30 bits per heavy atom. The molecule has 0 aliphatic carbocycles. The molecular formula is C14H19N3O3. The summed E-state index contributed by atoms with van der Waals surface area (Å²) in [5.74, 6) is 1.28. The van der Waals surface area contributed by atoms with Crippen molar-refractivity contribution in [2.24, 2.45) is 7.05 Å². The minimum absolute atomic E-state index is 0.104. The third-order valence-electron chi connectivity index (χ3n) is 3.13. The zero-order chi connectivity index (χ0) is 14.7. The summed E-state index contributed by atoms with van der Waals surface area (Å²) in [6.45, 7) is 2.50. The van der Waals surface area contributed by atoms with Gasteiger partial charge in [-0.25, -0.2) is 4.68 Å². The number of anilines is 1. The zero-order valence-electron chi connectivity index (χ0n) is 12.1. The number of nitrogens with zero attached hydrogens (tertiary/aromatic N) is 2. The fraction of sp³-hybridized carbons (Fsp3) is 0.357. The summed E-state index contributed by atoms with van der Waals surface area (Å²) in [5.41, 5.74) is 2.70. The van der Waals surface area contributed by atoms with Crippen LogP contribution < -0.4 is 14.8 Å². The van der Waals surface area contributed by atoms with Gasteiger partial charge in [-0.15, -0.1) is 0 Å². The van der Waals surface area contributed by atoms with Crippen LogP contribution in [-0.4, -0.2) is 29.1 Å². The van der Waals surface area contributed by atoms with E-state index >= 15 is 0 Å². The number of aromatic hydroxyl groups is 1. The zero-order valence-corrected chi connectivity index (χ0v) is 12.1. The first-order chi connectivity index (χ1) is 9.56. The van der Waals surface area contributed by atoms with E-state index in [0.717, 1.165) is 22.8 Å². The summed E-state index contributed by atoms with van der Waals surface area (Å²) in [4.78, 5) is 0. The van der Waals surface area contributed by atoms with Crippen LogP contribution in [-0.2, 0) is 13.6 Å². The lowest BCUT2D eigenvalue weighted by molar-refractivity contribution is 0.369. The van der Waals surface area contributed by atoms with E-state index < -0.39 is 0 Å². The molecule has 0 bridgehead atoms. The maximum absolute atomic E-state index is 9.74. The number of ether oxygens (including phenoxy) is 2. The lowest BCUT2D eigenvalue weighted by Crippen LogP contribution is -2.03.